The minimum atomic E-state index is -0.572. The standard InChI is InChI=1S/C20H17N3O3/c24-15-8-4-5-13(9-15)11-23-12-21-18(14-6-2-1-3-7-14)19(23)16-10-17(25)22-20(16)26/h1-9,12,16,24H,10-11H2,(H,22,25,26). The number of nitrogens with zero attached hydrogens (tertiary/aromatic N) is 2. The van der Waals surface area contributed by atoms with Crippen molar-refractivity contribution in [3.8, 4) is 17.0 Å². The first-order valence-electron chi connectivity index (χ1n) is 8.34. The van der Waals surface area contributed by atoms with E-state index in [4.69, 9.17) is 0 Å². The Labute approximate surface area is 150 Å². The second kappa shape index (κ2) is 6.48. The number of carbonyl (C=O) groups is 2. The van der Waals surface area contributed by atoms with Gasteiger partial charge in [0.25, 0.3) is 0 Å². The number of imide groups is 1. The van der Waals surface area contributed by atoms with Crippen LogP contribution in [0.25, 0.3) is 11.3 Å². The second-order valence-corrected chi connectivity index (χ2v) is 6.31. The van der Waals surface area contributed by atoms with Gasteiger partial charge >= 0.3 is 0 Å². The minimum Gasteiger partial charge on any atom is -0.508 e. The Bertz CT molecular complexity index is 979. The van der Waals surface area contributed by atoms with Crippen molar-refractivity contribution in [1.82, 2.24) is 14.9 Å². The number of nitrogens with one attached hydrogen (secondary N) is 1. The van der Waals surface area contributed by atoms with E-state index in [0.717, 1.165) is 11.1 Å². The van der Waals surface area contributed by atoms with Crippen molar-refractivity contribution in [3.05, 3.63) is 72.2 Å². The van der Waals surface area contributed by atoms with Gasteiger partial charge in [-0.1, -0.05) is 42.5 Å². The fourth-order valence-electron chi connectivity index (χ4n) is 3.33. The monoisotopic (exact) mass is 347 g/mol. The molecule has 0 bridgehead atoms. The van der Waals surface area contributed by atoms with Crippen LogP contribution in [0.4, 0.5) is 0 Å². The molecule has 1 aromatic heterocycles. The molecule has 1 atom stereocenters. The van der Waals surface area contributed by atoms with E-state index in [0.29, 0.717) is 17.9 Å². The Balaban J connectivity index is 1.80. The van der Waals surface area contributed by atoms with Crippen LogP contribution in [-0.4, -0.2) is 26.5 Å². The summed E-state index contributed by atoms with van der Waals surface area (Å²) in [5, 5.41) is 12.1. The van der Waals surface area contributed by atoms with E-state index in [-0.39, 0.29) is 24.0 Å². The van der Waals surface area contributed by atoms with Crippen LogP contribution >= 0.6 is 0 Å². The Morgan fingerprint density at radius 1 is 1.12 bits per heavy atom. The molecular formula is C20H17N3O3. The average Bonchev–Trinajstić information content (AvgIpc) is 3.18. The summed E-state index contributed by atoms with van der Waals surface area (Å²) >= 11 is 0. The molecule has 0 saturated carbocycles. The highest BCUT2D eigenvalue weighted by Gasteiger charge is 2.36. The molecule has 6 heteroatoms. The number of rotatable bonds is 4. The molecule has 0 spiro atoms. The summed E-state index contributed by atoms with van der Waals surface area (Å²) in [6, 6.07) is 16.5. The first kappa shape index (κ1) is 16.1. The molecule has 26 heavy (non-hydrogen) atoms. The van der Waals surface area contributed by atoms with Crippen LogP contribution in [0.1, 0.15) is 23.6 Å². The van der Waals surface area contributed by atoms with Crippen molar-refractivity contribution in [2.75, 3.05) is 0 Å². The number of amides is 2. The van der Waals surface area contributed by atoms with Gasteiger partial charge in [-0.3, -0.25) is 14.9 Å². The fourth-order valence-corrected chi connectivity index (χ4v) is 3.33. The quantitative estimate of drug-likeness (QED) is 0.710. The van der Waals surface area contributed by atoms with Crippen LogP contribution in [0.2, 0.25) is 0 Å². The van der Waals surface area contributed by atoms with E-state index < -0.39 is 5.92 Å². The van der Waals surface area contributed by atoms with Crippen molar-refractivity contribution in [1.29, 1.82) is 0 Å². The Hall–Kier alpha value is -3.41. The van der Waals surface area contributed by atoms with Crippen LogP contribution in [0, 0.1) is 0 Å². The number of hydrogen-bond acceptors (Lipinski definition) is 4. The Morgan fingerprint density at radius 3 is 2.62 bits per heavy atom. The first-order chi connectivity index (χ1) is 12.6. The highest BCUT2D eigenvalue weighted by Crippen LogP contribution is 2.33. The predicted molar refractivity (Wildman–Crippen MR) is 95.4 cm³/mol. The normalized spacial score (nSPS) is 16.7. The molecule has 2 N–H and O–H groups in total. The van der Waals surface area contributed by atoms with E-state index in [2.05, 4.69) is 10.3 Å². The number of phenols is 1. The van der Waals surface area contributed by atoms with Gasteiger partial charge in [0.05, 0.1) is 23.6 Å². The number of benzene rings is 2. The molecule has 2 aromatic carbocycles. The molecule has 6 nitrogen and oxygen atoms in total. The molecule has 0 radical (unpaired) electrons. The summed E-state index contributed by atoms with van der Waals surface area (Å²) < 4.78 is 1.87. The molecule has 3 aromatic rings. The summed E-state index contributed by atoms with van der Waals surface area (Å²) in [4.78, 5) is 28.6. The zero-order chi connectivity index (χ0) is 18.1. The molecule has 2 amide bonds. The molecule has 0 aliphatic carbocycles. The second-order valence-electron chi connectivity index (χ2n) is 6.31. The Morgan fingerprint density at radius 2 is 1.92 bits per heavy atom. The lowest BCUT2D eigenvalue weighted by Gasteiger charge is -2.14. The third-order valence-corrected chi connectivity index (χ3v) is 4.49. The SMILES string of the molecule is O=C1CC(c2c(-c3ccccc3)ncn2Cc2cccc(O)c2)C(=O)N1. The number of phenolic OH excluding ortho intramolecular Hbond substituents is 1. The summed E-state index contributed by atoms with van der Waals surface area (Å²) in [5.74, 6) is -0.965. The zero-order valence-corrected chi connectivity index (χ0v) is 13.9. The van der Waals surface area contributed by atoms with E-state index in [1.54, 1.807) is 24.5 Å². The van der Waals surface area contributed by atoms with Crippen LogP contribution in [0.15, 0.2) is 60.9 Å². The molecule has 1 saturated heterocycles. The van der Waals surface area contributed by atoms with Crippen molar-refractivity contribution in [2.45, 2.75) is 18.9 Å². The van der Waals surface area contributed by atoms with Crippen molar-refractivity contribution < 1.29 is 14.7 Å². The smallest absolute Gasteiger partial charge is 0.236 e. The molecule has 4 rings (SSSR count). The van der Waals surface area contributed by atoms with Gasteiger partial charge in [-0.15, -0.1) is 0 Å². The van der Waals surface area contributed by atoms with Gasteiger partial charge in [0.1, 0.15) is 5.75 Å². The average molecular weight is 347 g/mol. The fraction of sp³-hybridized carbons (Fsp3) is 0.150. The largest absolute Gasteiger partial charge is 0.508 e. The lowest BCUT2D eigenvalue weighted by Crippen LogP contribution is -2.22. The third-order valence-electron chi connectivity index (χ3n) is 4.49. The number of hydrogen-bond donors (Lipinski definition) is 2. The van der Waals surface area contributed by atoms with Gasteiger partial charge < -0.3 is 9.67 Å². The maximum atomic E-state index is 12.3. The maximum Gasteiger partial charge on any atom is 0.236 e. The molecular weight excluding hydrogens is 330 g/mol. The predicted octanol–water partition coefficient (Wildman–Crippen LogP) is 2.43. The summed E-state index contributed by atoms with van der Waals surface area (Å²) in [6.45, 7) is 0.446. The van der Waals surface area contributed by atoms with Crippen LogP contribution in [0.3, 0.4) is 0 Å². The van der Waals surface area contributed by atoms with Crippen LogP contribution in [-0.2, 0) is 16.1 Å². The lowest BCUT2D eigenvalue weighted by molar-refractivity contribution is -0.125. The zero-order valence-electron chi connectivity index (χ0n) is 13.9. The molecule has 1 aliphatic rings. The van der Waals surface area contributed by atoms with Gasteiger partial charge in [-0.2, -0.15) is 0 Å². The van der Waals surface area contributed by atoms with Gasteiger partial charge in [0.2, 0.25) is 11.8 Å². The highest BCUT2D eigenvalue weighted by molar-refractivity contribution is 6.06. The number of aromatic nitrogens is 2. The maximum absolute atomic E-state index is 12.3. The molecule has 1 fully saturated rings. The third kappa shape index (κ3) is 2.97. The van der Waals surface area contributed by atoms with Crippen molar-refractivity contribution in [3.63, 3.8) is 0 Å². The summed E-state index contributed by atoms with van der Waals surface area (Å²) in [6.07, 6.45) is 1.79. The molecule has 130 valence electrons. The lowest BCUT2D eigenvalue weighted by atomic mass is 9.98. The first-order valence-corrected chi connectivity index (χ1v) is 8.34. The van der Waals surface area contributed by atoms with Crippen LogP contribution < -0.4 is 5.32 Å². The highest BCUT2D eigenvalue weighted by atomic mass is 16.3. The van der Waals surface area contributed by atoms with E-state index >= 15 is 0 Å². The number of imidazole rings is 1. The number of aromatic hydroxyl groups is 1. The van der Waals surface area contributed by atoms with Gasteiger partial charge in [-0.25, -0.2) is 4.98 Å². The minimum absolute atomic E-state index is 0.115. The summed E-state index contributed by atoms with van der Waals surface area (Å²) in [5.41, 5.74) is 3.18. The van der Waals surface area contributed by atoms with E-state index in [1.807, 2.05) is 41.0 Å². The van der Waals surface area contributed by atoms with Crippen molar-refractivity contribution >= 4 is 11.8 Å². The van der Waals surface area contributed by atoms with Gasteiger partial charge in [0.15, 0.2) is 0 Å². The van der Waals surface area contributed by atoms with Crippen molar-refractivity contribution in [2.24, 2.45) is 0 Å². The molecule has 1 unspecified atom stereocenters. The number of carbonyl (C=O) groups excluding carboxylic acids is 2. The van der Waals surface area contributed by atoms with Gasteiger partial charge in [-0.05, 0) is 17.7 Å². The van der Waals surface area contributed by atoms with Gasteiger partial charge in [0, 0.05) is 18.5 Å². The Kier molecular flexibility index (Phi) is 4.01. The molecule has 1 aliphatic heterocycles. The topological polar surface area (TPSA) is 84.2 Å². The van der Waals surface area contributed by atoms with Crippen LogP contribution in [0.5, 0.6) is 5.75 Å². The molecule has 2 heterocycles. The van der Waals surface area contributed by atoms with E-state index in [1.165, 1.54) is 0 Å². The summed E-state index contributed by atoms with van der Waals surface area (Å²) in [7, 11) is 0. The van der Waals surface area contributed by atoms with E-state index in [9.17, 15) is 14.7 Å².